The van der Waals surface area contributed by atoms with Crippen molar-refractivity contribution in [3.05, 3.63) is 53.6 Å². The lowest BCUT2D eigenvalue weighted by Crippen LogP contribution is -2.06. The predicted molar refractivity (Wildman–Crippen MR) is 89.5 cm³/mol. The van der Waals surface area contributed by atoms with Crippen molar-refractivity contribution in [1.29, 1.82) is 0 Å². The lowest BCUT2D eigenvalue weighted by atomic mass is 10.3. The summed E-state index contributed by atoms with van der Waals surface area (Å²) in [6.45, 7) is 6.17. The molecule has 24 heavy (non-hydrogen) atoms. The van der Waals surface area contributed by atoms with Gasteiger partial charge in [0.1, 0.15) is 11.4 Å². The van der Waals surface area contributed by atoms with Crippen LogP contribution in [0.3, 0.4) is 0 Å². The number of rotatable bonds is 4. The average molecular weight is 331 g/mol. The molecular weight excluding hydrogens is 310 g/mol. The van der Waals surface area contributed by atoms with Crippen LogP contribution >= 0.6 is 0 Å². The predicted octanol–water partition coefficient (Wildman–Crippen LogP) is 2.41. The van der Waals surface area contributed by atoms with E-state index in [1.54, 1.807) is 32.2 Å². The fraction of sp³-hybridized carbons (Fsp3) is 0.294. The van der Waals surface area contributed by atoms with E-state index in [4.69, 9.17) is 15.2 Å². The molecule has 2 rings (SSSR count). The molecule has 0 atom stereocenters. The Morgan fingerprint density at radius 2 is 1.42 bits per heavy atom. The Bertz CT molecular complexity index is 595. The topological polar surface area (TPSA) is 104 Å². The summed E-state index contributed by atoms with van der Waals surface area (Å²) in [5.41, 5.74) is 7.59. The molecular formula is C17H21N3O4. The van der Waals surface area contributed by atoms with Crippen LogP contribution in [-0.2, 0) is 9.47 Å². The SMILES string of the molecule is CCOC(=O)c1ccc(C)cn1.CCOC(=O)c1ccc(N)cn1. The first-order chi connectivity index (χ1) is 11.5. The van der Waals surface area contributed by atoms with Gasteiger partial charge in [-0.3, -0.25) is 0 Å². The van der Waals surface area contributed by atoms with Gasteiger partial charge in [0.15, 0.2) is 0 Å². The Labute approximate surface area is 140 Å². The lowest BCUT2D eigenvalue weighted by Gasteiger charge is -1.99. The van der Waals surface area contributed by atoms with Gasteiger partial charge in [0.2, 0.25) is 0 Å². The molecule has 7 nitrogen and oxygen atoms in total. The molecule has 0 saturated heterocycles. The minimum absolute atomic E-state index is 0.283. The van der Waals surface area contributed by atoms with Crippen LogP contribution in [0.4, 0.5) is 5.69 Å². The first-order valence-corrected chi connectivity index (χ1v) is 7.46. The van der Waals surface area contributed by atoms with Crippen LogP contribution in [0.25, 0.3) is 0 Å². The van der Waals surface area contributed by atoms with Crippen LogP contribution in [-0.4, -0.2) is 35.1 Å². The van der Waals surface area contributed by atoms with Gasteiger partial charge in [0.05, 0.1) is 25.1 Å². The first-order valence-electron chi connectivity index (χ1n) is 7.46. The summed E-state index contributed by atoms with van der Waals surface area (Å²) in [6.07, 6.45) is 3.07. The molecule has 0 amide bonds. The van der Waals surface area contributed by atoms with E-state index in [-0.39, 0.29) is 11.7 Å². The first kappa shape index (κ1) is 19.1. The Hall–Kier alpha value is -2.96. The quantitative estimate of drug-likeness (QED) is 0.858. The summed E-state index contributed by atoms with van der Waals surface area (Å²) < 4.78 is 9.49. The van der Waals surface area contributed by atoms with Gasteiger partial charge in [0.25, 0.3) is 0 Å². The molecule has 128 valence electrons. The summed E-state index contributed by atoms with van der Waals surface area (Å²) >= 11 is 0. The number of carbonyl (C=O) groups is 2. The summed E-state index contributed by atoms with van der Waals surface area (Å²) in [5.74, 6) is -0.782. The van der Waals surface area contributed by atoms with Gasteiger partial charge >= 0.3 is 11.9 Å². The van der Waals surface area contributed by atoms with Gasteiger partial charge in [-0.1, -0.05) is 6.07 Å². The molecule has 0 bridgehead atoms. The molecule has 0 aromatic carbocycles. The molecule has 0 aliphatic heterocycles. The molecule has 0 saturated carbocycles. The lowest BCUT2D eigenvalue weighted by molar-refractivity contribution is 0.0510. The molecule has 0 unspecified atom stereocenters. The van der Waals surface area contributed by atoms with E-state index in [0.717, 1.165) is 5.56 Å². The molecule has 7 heteroatoms. The minimum atomic E-state index is -0.419. The highest BCUT2D eigenvalue weighted by molar-refractivity contribution is 5.87. The molecule has 0 fully saturated rings. The maximum atomic E-state index is 11.1. The van der Waals surface area contributed by atoms with E-state index in [1.165, 1.54) is 12.3 Å². The third kappa shape index (κ3) is 6.43. The minimum Gasteiger partial charge on any atom is -0.461 e. The summed E-state index contributed by atoms with van der Waals surface area (Å²) in [7, 11) is 0. The zero-order valence-electron chi connectivity index (χ0n) is 14.0. The van der Waals surface area contributed by atoms with E-state index in [2.05, 4.69) is 9.97 Å². The number of ether oxygens (including phenoxy) is 2. The number of hydrogen-bond acceptors (Lipinski definition) is 7. The molecule has 0 spiro atoms. The number of hydrogen-bond donors (Lipinski definition) is 1. The Morgan fingerprint density at radius 3 is 1.79 bits per heavy atom. The summed E-state index contributed by atoms with van der Waals surface area (Å²) in [5, 5.41) is 0. The van der Waals surface area contributed by atoms with Crippen molar-refractivity contribution < 1.29 is 19.1 Å². The van der Waals surface area contributed by atoms with Crippen molar-refractivity contribution in [2.24, 2.45) is 0 Å². The second kappa shape index (κ2) is 9.94. The molecule has 2 aromatic heterocycles. The van der Waals surface area contributed by atoms with Gasteiger partial charge < -0.3 is 15.2 Å². The molecule has 2 heterocycles. The number of aryl methyl sites for hydroxylation is 1. The van der Waals surface area contributed by atoms with Gasteiger partial charge in [0, 0.05) is 6.20 Å². The monoisotopic (exact) mass is 331 g/mol. The average Bonchev–Trinajstić information content (AvgIpc) is 2.57. The van der Waals surface area contributed by atoms with E-state index in [0.29, 0.717) is 24.6 Å². The molecule has 0 aliphatic carbocycles. The number of esters is 2. The van der Waals surface area contributed by atoms with E-state index >= 15 is 0 Å². The smallest absolute Gasteiger partial charge is 0.356 e. The van der Waals surface area contributed by atoms with E-state index in [1.807, 2.05) is 13.0 Å². The van der Waals surface area contributed by atoms with E-state index < -0.39 is 5.97 Å². The normalized spacial score (nSPS) is 9.46. The van der Waals surface area contributed by atoms with Crippen molar-refractivity contribution in [2.45, 2.75) is 20.8 Å². The van der Waals surface area contributed by atoms with Crippen molar-refractivity contribution in [3.63, 3.8) is 0 Å². The third-order valence-corrected chi connectivity index (χ3v) is 2.67. The van der Waals surface area contributed by atoms with Crippen molar-refractivity contribution in [1.82, 2.24) is 9.97 Å². The highest BCUT2D eigenvalue weighted by Crippen LogP contribution is 2.02. The zero-order chi connectivity index (χ0) is 17.9. The number of nitrogens with two attached hydrogens (primary N) is 1. The fourth-order valence-electron chi connectivity index (χ4n) is 1.52. The van der Waals surface area contributed by atoms with Crippen LogP contribution in [0.2, 0.25) is 0 Å². The number of pyridine rings is 2. The molecule has 0 aliphatic rings. The maximum absolute atomic E-state index is 11.1. The van der Waals surface area contributed by atoms with Crippen LogP contribution < -0.4 is 5.73 Å². The fourth-order valence-corrected chi connectivity index (χ4v) is 1.52. The van der Waals surface area contributed by atoms with Crippen molar-refractivity contribution >= 4 is 17.6 Å². The number of nitrogen functional groups attached to an aromatic ring is 1. The van der Waals surface area contributed by atoms with Crippen molar-refractivity contribution in [3.8, 4) is 0 Å². The number of anilines is 1. The molecule has 2 N–H and O–H groups in total. The summed E-state index contributed by atoms with van der Waals surface area (Å²) in [4.78, 5) is 29.8. The van der Waals surface area contributed by atoms with Crippen LogP contribution in [0, 0.1) is 6.92 Å². The second-order valence-electron chi connectivity index (χ2n) is 4.64. The van der Waals surface area contributed by atoms with Gasteiger partial charge in [-0.15, -0.1) is 0 Å². The molecule has 2 aromatic rings. The molecule has 0 radical (unpaired) electrons. The van der Waals surface area contributed by atoms with Gasteiger partial charge in [-0.25, -0.2) is 19.6 Å². The highest BCUT2D eigenvalue weighted by Gasteiger charge is 2.06. The van der Waals surface area contributed by atoms with Gasteiger partial charge in [-0.05, 0) is 44.5 Å². The van der Waals surface area contributed by atoms with Crippen LogP contribution in [0.5, 0.6) is 0 Å². The Kier molecular flexibility index (Phi) is 7.90. The highest BCUT2D eigenvalue weighted by atomic mass is 16.5. The zero-order valence-corrected chi connectivity index (χ0v) is 14.0. The Morgan fingerprint density at radius 1 is 0.917 bits per heavy atom. The number of aromatic nitrogens is 2. The summed E-state index contributed by atoms with van der Waals surface area (Å²) in [6, 6.07) is 6.64. The maximum Gasteiger partial charge on any atom is 0.356 e. The standard InChI is InChI=1S/C9H11NO2.C8H10N2O2/c1-3-12-9(11)8-5-4-7(2)6-10-8;1-2-12-8(11)7-4-3-6(9)5-10-7/h4-6H,3H2,1-2H3;3-5H,2,9H2,1H3. The van der Waals surface area contributed by atoms with Crippen LogP contribution in [0.15, 0.2) is 36.7 Å². The second-order valence-corrected chi connectivity index (χ2v) is 4.64. The Balaban J connectivity index is 0.000000240. The largest absolute Gasteiger partial charge is 0.461 e. The van der Waals surface area contributed by atoms with Crippen LogP contribution in [0.1, 0.15) is 40.4 Å². The third-order valence-electron chi connectivity index (χ3n) is 2.67. The number of nitrogens with zero attached hydrogens (tertiary/aromatic N) is 2. The number of carbonyl (C=O) groups excluding carboxylic acids is 2. The van der Waals surface area contributed by atoms with Gasteiger partial charge in [-0.2, -0.15) is 0 Å². The van der Waals surface area contributed by atoms with Crippen molar-refractivity contribution in [2.75, 3.05) is 18.9 Å². The van der Waals surface area contributed by atoms with E-state index in [9.17, 15) is 9.59 Å².